The van der Waals surface area contributed by atoms with E-state index < -0.39 is 0 Å². The van der Waals surface area contributed by atoms with Crippen molar-refractivity contribution in [3.63, 3.8) is 0 Å². The van der Waals surface area contributed by atoms with Gasteiger partial charge in [0.05, 0.1) is 0 Å². The predicted octanol–water partition coefficient (Wildman–Crippen LogP) is 8.16. The number of hydrogen-bond donors (Lipinski definition) is 1. The largest absolute Gasteiger partial charge is 0.172 e. The Morgan fingerprint density at radius 1 is 0.786 bits per heavy atom. The van der Waals surface area contributed by atoms with Crippen LogP contribution in [0.4, 0.5) is 0 Å². The molecule has 1 heteroatoms. The fourth-order valence-electron chi connectivity index (χ4n) is 10.5. The zero-order valence-corrected chi connectivity index (χ0v) is 20.1. The van der Waals surface area contributed by atoms with E-state index in [1.807, 2.05) is 0 Å². The van der Waals surface area contributed by atoms with Gasteiger partial charge in [-0.05, 0) is 123 Å². The van der Waals surface area contributed by atoms with E-state index in [4.69, 9.17) is 12.6 Å². The minimum Gasteiger partial charge on any atom is -0.172 e. The Hall–Kier alpha value is 0.350. The van der Waals surface area contributed by atoms with Crippen molar-refractivity contribution in [1.29, 1.82) is 0 Å². The number of fused-ring (bicyclic) bond motifs is 7. The molecule has 10 unspecified atom stereocenters. The van der Waals surface area contributed by atoms with Gasteiger partial charge in [0.15, 0.2) is 0 Å². The average molecular weight is 403 g/mol. The van der Waals surface area contributed by atoms with Crippen molar-refractivity contribution in [2.75, 3.05) is 0 Å². The van der Waals surface area contributed by atoms with Crippen molar-refractivity contribution in [2.45, 2.75) is 116 Å². The molecule has 0 radical (unpaired) electrons. The summed E-state index contributed by atoms with van der Waals surface area (Å²) >= 11 is 5.32. The summed E-state index contributed by atoms with van der Waals surface area (Å²) in [5.41, 5.74) is 1.35. The van der Waals surface area contributed by atoms with Gasteiger partial charge in [-0.15, -0.1) is 0 Å². The highest BCUT2D eigenvalue weighted by atomic mass is 32.1. The van der Waals surface area contributed by atoms with Crippen LogP contribution in [-0.4, -0.2) is 4.75 Å². The first-order valence-corrected chi connectivity index (χ1v) is 13.5. The molecule has 0 N–H and O–H groups in total. The highest BCUT2D eigenvalue weighted by Gasteiger charge is 2.62. The van der Waals surface area contributed by atoms with E-state index in [2.05, 4.69) is 27.7 Å². The molecule has 0 spiro atoms. The summed E-state index contributed by atoms with van der Waals surface area (Å²) in [6.45, 7) is 10.1. The lowest BCUT2D eigenvalue weighted by Gasteiger charge is -2.65. The molecule has 0 heterocycles. The Morgan fingerprint density at radius 2 is 1.54 bits per heavy atom. The van der Waals surface area contributed by atoms with E-state index >= 15 is 0 Å². The van der Waals surface area contributed by atoms with E-state index in [1.54, 1.807) is 38.5 Å². The van der Waals surface area contributed by atoms with Crippen LogP contribution in [0.5, 0.6) is 0 Å². The van der Waals surface area contributed by atoms with Gasteiger partial charge in [-0.1, -0.05) is 40.5 Å². The number of thiol groups is 1. The van der Waals surface area contributed by atoms with Gasteiger partial charge in [0.1, 0.15) is 0 Å². The molecule has 0 aliphatic heterocycles. The second-order valence-corrected chi connectivity index (χ2v) is 13.6. The van der Waals surface area contributed by atoms with E-state index in [0.29, 0.717) is 5.41 Å². The Bertz CT molecular complexity index is 595. The monoisotopic (exact) mass is 402 g/mol. The summed E-state index contributed by atoms with van der Waals surface area (Å²) in [7, 11) is 0. The number of hydrogen-bond acceptors (Lipinski definition) is 1. The first kappa shape index (κ1) is 20.3. The second-order valence-electron chi connectivity index (χ2n) is 12.6. The Morgan fingerprint density at radius 3 is 2.32 bits per heavy atom. The molecule has 0 aromatic carbocycles. The quantitative estimate of drug-likeness (QED) is 0.442. The summed E-state index contributed by atoms with van der Waals surface area (Å²) < 4.78 is 0.253. The smallest absolute Gasteiger partial charge is 0.0160 e. The molecule has 0 nitrogen and oxygen atoms in total. The van der Waals surface area contributed by atoms with Crippen LogP contribution < -0.4 is 0 Å². The van der Waals surface area contributed by atoms with Crippen LogP contribution in [0.15, 0.2) is 0 Å². The summed E-state index contributed by atoms with van der Waals surface area (Å²) in [4.78, 5) is 0. The summed E-state index contributed by atoms with van der Waals surface area (Å²) in [6, 6.07) is 0. The van der Waals surface area contributed by atoms with Crippen LogP contribution in [-0.2, 0) is 0 Å². The van der Waals surface area contributed by atoms with Crippen LogP contribution >= 0.6 is 12.6 Å². The Kier molecular flexibility index (Phi) is 5.01. The van der Waals surface area contributed by atoms with Gasteiger partial charge in [-0.2, -0.15) is 12.6 Å². The Balaban J connectivity index is 1.41. The molecule has 0 aromatic heterocycles. The standard InChI is InChI=1S/C27H46S/c1-5-14-27-15-6-7-23(27)21-8-10-22-20(19(21)13-17-27)9-11-24-25(22,3)16-12-18(2)26(24,4)28/h18-24,28H,5-17H2,1-4H3. The summed E-state index contributed by atoms with van der Waals surface area (Å²) in [5, 5.41) is 0. The van der Waals surface area contributed by atoms with Gasteiger partial charge >= 0.3 is 0 Å². The van der Waals surface area contributed by atoms with E-state index in [0.717, 1.165) is 46.8 Å². The lowest BCUT2D eigenvalue weighted by molar-refractivity contribution is -0.137. The van der Waals surface area contributed by atoms with Crippen molar-refractivity contribution in [3.8, 4) is 0 Å². The third kappa shape index (κ3) is 2.69. The van der Waals surface area contributed by atoms with Crippen LogP contribution in [0.1, 0.15) is 111 Å². The maximum absolute atomic E-state index is 5.32. The average Bonchev–Trinajstić information content (AvgIpc) is 3.09. The predicted molar refractivity (Wildman–Crippen MR) is 124 cm³/mol. The SMILES string of the molecule is CCCC12CCCC1C1CCC3C(CCC4C(C)(S)C(C)CCC34C)C1CC2. The van der Waals surface area contributed by atoms with Gasteiger partial charge in [0.2, 0.25) is 0 Å². The maximum atomic E-state index is 5.32. The molecule has 28 heavy (non-hydrogen) atoms. The van der Waals surface area contributed by atoms with Gasteiger partial charge in [0.25, 0.3) is 0 Å². The maximum Gasteiger partial charge on any atom is 0.0160 e. The van der Waals surface area contributed by atoms with Crippen LogP contribution in [0.25, 0.3) is 0 Å². The topological polar surface area (TPSA) is 0 Å². The molecule has 5 fully saturated rings. The molecule has 0 bridgehead atoms. The van der Waals surface area contributed by atoms with Gasteiger partial charge < -0.3 is 0 Å². The number of rotatable bonds is 2. The molecule has 0 saturated heterocycles. The molecular weight excluding hydrogens is 356 g/mol. The second kappa shape index (κ2) is 6.93. The molecule has 0 amide bonds. The van der Waals surface area contributed by atoms with Crippen LogP contribution in [0, 0.1) is 52.3 Å². The first-order chi connectivity index (χ1) is 13.3. The molecule has 0 aromatic rings. The minimum absolute atomic E-state index is 0.253. The van der Waals surface area contributed by atoms with E-state index in [-0.39, 0.29) is 4.75 Å². The normalized spacial score (nSPS) is 58.4. The van der Waals surface area contributed by atoms with Gasteiger partial charge in [0, 0.05) is 4.75 Å². The van der Waals surface area contributed by atoms with Crippen molar-refractivity contribution in [2.24, 2.45) is 52.3 Å². The molecule has 5 saturated carbocycles. The van der Waals surface area contributed by atoms with Crippen LogP contribution in [0.2, 0.25) is 0 Å². The van der Waals surface area contributed by atoms with Crippen molar-refractivity contribution < 1.29 is 0 Å². The highest BCUT2D eigenvalue weighted by molar-refractivity contribution is 7.81. The van der Waals surface area contributed by atoms with Crippen molar-refractivity contribution in [3.05, 3.63) is 0 Å². The minimum atomic E-state index is 0.253. The zero-order chi connectivity index (χ0) is 19.7. The van der Waals surface area contributed by atoms with E-state index in [9.17, 15) is 0 Å². The Labute approximate surface area is 180 Å². The van der Waals surface area contributed by atoms with Gasteiger partial charge in [-0.25, -0.2) is 0 Å². The first-order valence-electron chi connectivity index (χ1n) is 13.1. The molecule has 160 valence electrons. The zero-order valence-electron chi connectivity index (χ0n) is 19.2. The summed E-state index contributed by atoms with van der Waals surface area (Å²) in [6.07, 6.45) is 19.8. The van der Waals surface area contributed by atoms with Crippen molar-refractivity contribution >= 4 is 12.6 Å². The fraction of sp³-hybridized carbons (Fsp3) is 1.00. The van der Waals surface area contributed by atoms with E-state index in [1.165, 1.54) is 44.9 Å². The highest BCUT2D eigenvalue weighted by Crippen LogP contribution is 2.69. The lowest BCUT2D eigenvalue weighted by atomic mass is 9.41. The molecule has 10 atom stereocenters. The third-order valence-electron chi connectivity index (χ3n) is 11.9. The van der Waals surface area contributed by atoms with Crippen molar-refractivity contribution in [1.82, 2.24) is 0 Å². The molecular formula is C27H46S. The van der Waals surface area contributed by atoms with Crippen LogP contribution in [0.3, 0.4) is 0 Å². The summed E-state index contributed by atoms with van der Waals surface area (Å²) in [5.74, 6) is 6.96. The lowest BCUT2D eigenvalue weighted by Crippen LogP contribution is -2.59. The third-order valence-corrected chi connectivity index (χ3v) is 12.6. The molecule has 5 aliphatic carbocycles. The molecule has 5 rings (SSSR count). The fourth-order valence-corrected chi connectivity index (χ4v) is 11.1. The van der Waals surface area contributed by atoms with Gasteiger partial charge in [-0.3, -0.25) is 0 Å². The molecule has 5 aliphatic rings.